The Hall–Kier alpha value is -3.02. The summed E-state index contributed by atoms with van der Waals surface area (Å²) in [6.07, 6.45) is 3.09. The Kier molecular flexibility index (Phi) is 4.37. The molecule has 0 aliphatic carbocycles. The van der Waals surface area contributed by atoms with E-state index in [-0.39, 0.29) is 24.5 Å². The van der Waals surface area contributed by atoms with E-state index in [0.29, 0.717) is 5.56 Å². The van der Waals surface area contributed by atoms with Crippen LogP contribution in [-0.2, 0) is 23.1 Å². The Balaban J connectivity index is 1.77. The van der Waals surface area contributed by atoms with Gasteiger partial charge in [-0.05, 0) is 19.1 Å². The summed E-state index contributed by atoms with van der Waals surface area (Å²) in [5.74, 6) is -0.706. The Morgan fingerprint density at radius 1 is 1.08 bits per heavy atom. The van der Waals surface area contributed by atoms with E-state index >= 15 is 0 Å². The molecule has 0 N–H and O–H groups in total. The monoisotopic (exact) mass is 327 g/mol. The molecule has 0 fully saturated rings. The first-order chi connectivity index (χ1) is 11.6. The van der Waals surface area contributed by atoms with E-state index in [2.05, 4.69) is 0 Å². The van der Waals surface area contributed by atoms with Crippen molar-refractivity contribution in [3.05, 3.63) is 59.7 Å². The van der Waals surface area contributed by atoms with Gasteiger partial charge in [0.25, 0.3) is 0 Å². The van der Waals surface area contributed by atoms with Crippen molar-refractivity contribution in [1.82, 2.24) is 4.57 Å². The van der Waals surface area contributed by atoms with Crippen LogP contribution in [0.15, 0.2) is 47.2 Å². The van der Waals surface area contributed by atoms with E-state index in [1.54, 1.807) is 13.1 Å². The van der Waals surface area contributed by atoms with Gasteiger partial charge in [0, 0.05) is 24.1 Å². The lowest BCUT2D eigenvalue weighted by molar-refractivity contribution is 0.0424. The van der Waals surface area contributed by atoms with Crippen LogP contribution in [0.3, 0.4) is 0 Å². The zero-order valence-corrected chi connectivity index (χ0v) is 13.4. The summed E-state index contributed by atoms with van der Waals surface area (Å²) in [5.41, 5.74) is 1.68. The summed E-state index contributed by atoms with van der Waals surface area (Å²) in [4.78, 5) is 24.2. The first-order valence-corrected chi connectivity index (χ1v) is 7.56. The van der Waals surface area contributed by atoms with Crippen LogP contribution in [0.1, 0.15) is 33.4 Å². The second kappa shape index (κ2) is 6.62. The van der Waals surface area contributed by atoms with Crippen LogP contribution in [0.2, 0.25) is 0 Å². The van der Waals surface area contributed by atoms with Gasteiger partial charge in [0.05, 0.1) is 18.4 Å². The third-order valence-electron chi connectivity index (χ3n) is 3.69. The quantitative estimate of drug-likeness (QED) is 0.672. The van der Waals surface area contributed by atoms with Crippen LogP contribution in [0.5, 0.6) is 0 Å². The average Bonchev–Trinajstić information content (AvgIpc) is 3.18. The minimum Gasteiger partial charge on any atom is -0.465 e. The first-order valence-electron chi connectivity index (χ1n) is 7.56. The maximum atomic E-state index is 12.4. The molecule has 124 valence electrons. The van der Waals surface area contributed by atoms with Crippen molar-refractivity contribution in [3.63, 3.8) is 0 Å². The number of hydrogen-bond acceptors (Lipinski definition) is 5. The van der Waals surface area contributed by atoms with Crippen LogP contribution in [0, 0.1) is 0 Å². The van der Waals surface area contributed by atoms with Crippen LogP contribution in [0.25, 0.3) is 10.9 Å². The second-order valence-corrected chi connectivity index (χ2v) is 5.22. The number of aromatic nitrogens is 1. The predicted molar refractivity (Wildman–Crippen MR) is 86.7 cm³/mol. The fourth-order valence-corrected chi connectivity index (χ4v) is 2.56. The first kappa shape index (κ1) is 15.9. The van der Waals surface area contributed by atoms with E-state index in [0.717, 1.165) is 10.9 Å². The number of aryl methyl sites for hydroxylation is 1. The van der Waals surface area contributed by atoms with Crippen LogP contribution >= 0.6 is 0 Å². The number of carbonyl (C=O) groups is 2. The summed E-state index contributed by atoms with van der Waals surface area (Å²) < 4.78 is 17.3. The third-order valence-corrected chi connectivity index (χ3v) is 3.69. The van der Waals surface area contributed by atoms with Crippen LogP contribution in [0.4, 0.5) is 0 Å². The lowest BCUT2D eigenvalue weighted by atomic mass is 10.2. The lowest BCUT2D eigenvalue weighted by Crippen LogP contribution is -2.09. The molecule has 0 radical (unpaired) electrons. The molecular weight excluding hydrogens is 310 g/mol. The maximum Gasteiger partial charge on any atom is 0.341 e. The van der Waals surface area contributed by atoms with E-state index in [1.807, 2.05) is 35.9 Å². The molecule has 0 unspecified atom stereocenters. The van der Waals surface area contributed by atoms with E-state index in [1.165, 1.54) is 12.3 Å². The smallest absolute Gasteiger partial charge is 0.341 e. The van der Waals surface area contributed by atoms with Gasteiger partial charge in [-0.2, -0.15) is 0 Å². The van der Waals surface area contributed by atoms with Gasteiger partial charge in [0.15, 0.2) is 12.4 Å². The molecule has 3 aromatic rings. The zero-order chi connectivity index (χ0) is 17.1. The molecule has 2 aromatic heterocycles. The standard InChI is InChI=1S/C18H17NO5/c1-3-22-17(20)13-8-9-23-16(13)11-24-18(21)14-10-19(2)15-7-5-4-6-12(14)15/h4-10H,3,11H2,1-2H3. The lowest BCUT2D eigenvalue weighted by Gasteiger charge is -2.04. The van der Waals surface area contributed by atoms with Gasteiger partial charge in [-0.3, -0.25) is 0 Å². The van der Waals surface area contributed by atoms with Gasteiger partial charge in [0.1, 0.15) is 5.56 Å². The molecule has 0 aliphatic heterocycles. The molecule has 0 aliphatic rings. The van der Waals surface area contributed by atoms with E-state index < -0.39 is 11.9 Å². The number of nitrogens with zero attached hydrogens (tertiary/aromatic N) is 1. The normalized spacial score (nSPS) is 10.8. The van der Waals surface area contributed by atoms with Crippen LogP contribution in [-0.4, -0.2) is 23.1 Å². The Bertz CT molecular complexity index is 890. The second-order valence-electron chi connectivity index (χ2n) is 5.22. The molecule has 3 rings (SSSR count). The number of carbonyl (C=O) groups excluding carboxylic acids is 2. The summed E-state index contributed by atoms with van der Waals surface area (Å²) in [5, 5.41) is 0.815. The van der Waals surface area contributed by atoms with Gasteiger partial charge in [-0.1, -0.05) is 18.2 Å². The molecule has 0 amide bonds. The van der Waals surface area contributed by atoms with E-state index in [4.69, 9.17) is 13.9 Å². The summed E-state index contributed by atoms with van der Waals surface area (Å²) >= 11 is 0. The molecular formula is C18H17NO5. The Morgan fingerprint density at radius 2 is 1.83 bits per heavy atom. The van der Waals surface area contributed by atoms with Crippen molar-refractivity contribution in [1.29, 1.82) is 0 Å². The van der Waals surface area contributed by atoms with Gasteiger partial charge < -0.3 is 18.5 Å². The average molecular weight is 327 g/mol. The van der Waals surface area contributed by atoms with Crippen molar-refractivity contribution >= 4 is 22.8 Å². The fraction of sp³-hybridized carbons (Fsp3) is 0.222. The highest BCUT2D eigenvalue weighted by Gasteiger charge is 2.19. The molecule has 0 saturated heterocycles. The molecule has 0 saturated carbocycles. The molecule has 0 atom stereocenters. The van der Waals surface area contributed by atoms with Crippen molar-refractivity contribution in [2.75, 3.05) is 6.61 Å². The summed E-state index contributed by atoms with van der Waals surface area (Å²) in [6, 6.07) is 9.07. The molecule has 0 spiro atoms. The largest absolute Gasteiger partial charge is 0.465 e. The minimum absolute atomic E-state index is 0.136. The Morgan fingerprint density at radius 3 is 2.62 bits per heavy atom. The Labute approximate surface area is 138 Å². The van der Waals surface area contributed by atoms with Crippen molar-refractivity contribution < 1.29 is 23.5 Å². The number of ether oxygens (including phenoxy) is 2. The highest BCUT2D eigenvalue weighted by Crippen LogP contribution is 2.22. The number of rotatable bonds is 5. The van der Waals surface area contributed by atoms with Crippen molar-refractivity contribution in [2.24, 2.45) is 7.05 Å². The number of hydrogen-bond donors (Lipinski definition) is 0. The number of furan rings is 1. The van der Waals surface area contributed by atoms with Gasteiger partial charge in [-0.15, -0.1) is 0 Å². The number of para-hydroxylation sites is 1. The van der Waals surface area contributed by atoms with Gasteiger partial charge in [0.2, 0.25) is 0 Å². The fourth-order valence-electron chi connectivity index (χ4n) is 2.56. The predicted octanol–water partition coefficient (Wildman–Crippen LogP) is 3.31. The summed E-state index contributed by atoms with van der Waals surface area (Å²) in [6.45, 7) is 1.85. The highest BCUT2D eigenvalue weighted by atomic mass is 16.5. The van der Waals surface area contributed by atoms with Crippen molar-refractivity contribution in [2.45, 2.75) is 13.5 Å². The maximum absolute atomic E-state index is 12.4. The minimum atomic E-state index is -0.498. The third kappa shape index (κ3) is 2.90. The molecule has 0 bridgehead atoms. The van der Waals surface area contributed by atoms with Gasteiger partial charge >= 0.3 is 11.9 Å². The number of benzene rings is 1. The van der Waals surface area contributed by atoms with Crippen LogP contribution < -0.4 is 0 Å². The molecule has 6 heteroatoms. The molecule has 24 heavy (non-hydrogen) atoms. The molecule has 1 aromatic carbocycles. The van der Waals surface area contributed by atoms with Gasteiger partial charge in [-0.25, -0.2) is 9.59 Å². The van der Waals surface area contributed by atoms with E-state index in [9.17, 15) is 9.59 Å². The van der Waals surface area contributed by atoms with Crippen molar-refractivity contribution in [3.8, 4) is 0 Å². The SMILES string of the molecule is CCOC(=O)c1ccoc1COC(=O)c1cn(C)c2ccccc12. The molecule has 2 heterocycles. The zero-order valence-electron chi connectivity index (χ0n) is 13.4. The molecule has 6 nitrogen and oxygen atoms in total. The number of esters is 2. The topological polar surface area (TPSA) is 70.7 Å². The number of fused-ring (bicyclic) bond motifs is 1. The highest BCUT2D eigenvalue weighted by molar-refractivity contribution is 6.04. The summed E-state index contributed by atoms with van der Waals surface area (Å²) in [7, 11) is 1.87.